The van der Waals surface area contributed by atoms with E-state index in [1.54, 1.807) is 10.9 Å². The highest BCUT2D eigenvalue weighted by atomic mass is 127. The minimum atomic E-state index is -0.171. The van der Waals surface area contributed by atoms with Crippen molar-refractivity contribution in [2.24, 2.45) is 12.0 Å². The van der Waals surface area contributed by atoms with Crippen LogP contribution in [0.15, 0.2) is 76.5 Å². The number of benzene rings is 3. The van der Waals surface area contributed by atoms with Crippen molar-refractivity contribution in [3.63, 3.8) is 0 Å². The number of rotatable bonds is 8. The Labute approximate surface area is 222 Å². The minimum Gasteiger partial charge on any atom is -0.490 e. The van der Waals surface area contributed by atoms with Gasteiger partial charge in [0.15, 0.2) is 17.2 Å². The van der Waals surface area contributed by atoms with Gasteiger partial charge in [-0.25, -0.2) is 9.67 Å². The summed E-state index contributed by atoms with van der Waals surface area (Å²) < 4.78 is 16.3. The molecule has 0 saturated heterocycles. The van der Waals surface area contributed by atoms with Crippen molar-refractivity contribution in [2.45, 2.75) is 20.5 Å². The topological polar surface area (TPSA) is 57.8 Å². The lowest BCUT2D eigenvalue weighted by molar-refractivity contribution is 0.267. The number of para-hydroxylation sites is 1. The normalized spacial score (nSPS) is 11.2. The van der Waals surface area contributed by atoms with Crippen molar-refractivity contribution in [1.82, 2.24) is 9.36 Å². The molecule has 0 amide bonds. The first kappa shape index (κ1) is 25.1. The van der Waals surface area contributed by atoms with Gasteiger partial charge in [0, 0.05) is 18.3 Å². The third-order valence-corrected chi connectivity index (χ3v) is 6.55. The largest absolute Gasteiger partial charge is 0.490 e. The van der Waals surface area contributed by atoms with Gasteiger partial charge in [-0.2, -0.15) is 0 Å². The molecule has 0 spiro atoms. The summed E-state index contributed by atoms with van der Waals surface area (Å²) in [6.45, 7) is 4.70. The van der Waals surface area contributed by atoms with E-state index >= 15 is 0 Å². The van der Waals surface area contributed by atoms with Crippen molar-refractivity contribution in [3.05, 3.63) is 102 Å². The summed E-state index contributed by atoms with van der Waals surface area (Å²) in [7, 11) is 1.85. The van der Waals surface area contributed by atoms with E-state index < -0.39 is 0 Å². The van der Waals surface area contributed by atoms with Gasteiger partial charge in [0.25, 0.3) is 5.56 Å². The van der Waals surface area contributed by atoms with Crippen LogP contribution in [0.1, 0.15) is 23.7 Å². The molecule has 4 rings (SSSR count). The number of ether oxygens (including phenoxy) is 2. The Morgan fingerprint density at radius 1 is 1.06 bits per heavy atom. The van der Waals surface area contributed by atoms with Crippen molar-refractivity contribution in [2.75, 3.05) is 6.61 Å². The number of aromatic nitrogens is 2. The van der Waals surface area contributed by atoms with Crippen LogP contribution in [0.4, 0.5) is 5.69 Å². The van der Waals surface area contributed by atoms with Crippen LogP contribution in [0.5, 0.6) is 11.5 Å². The Hall–Kier alpha value is -3.04. The summed E-state index contributed by atoms with van der Waals surface area (Å²) in [5.74, 6) is 1.29. The fraction of sp³-hybridized carbons (Fsp3) is 0.185. The van der Waals surface area contributed by atoms with Gasteiger partial charge >= 0.3 is 0 Å². The second-order valence-electron chi connectivity index (χ2n) is 7.85. The van der Waals surface area contributed by atoms with E-state index in [9.17, 15) is 4.79 Å². The number of nitrogens with zero attached hydrogens (tertiary/aromatic N) is 3. The second kappa shape index (κ2) is 11.1. The van der Waals surface area contributed by atoms with E-state index in [-0.39, 0.29) is 5.56 Å². The van der Waals surface area contributed by atoms with Gasteiger partial charge in [0.1, 0.15) is 6.61 Å². The first-order valence-corrected chi connectivity index (χ1v) is 12.6. The summed E-state index contributed by atoms with van der Waals surface area (Å²) >= 11 is 8.20. The van der Waals surface area contributed by atoms with Gasteiger partial charge < -0.3 is 9.47 Å². The highest BCUT2D eigenvalue weighted by Crippen LogP contribution is 2.35. The molecule has 0 unspecified atom stereocenters. The number of hydrogen-bond acceptors (Lipinski definition) is 4. The third-order valence-electron chi connectivity index (χ3n) is 5.49. The van der Waals surface area contributed by atoms with Crippen molar-refractivity contribution in [1.29, 1.82) is 0 Å². The molecule has 0 N–H and O–H groups in total. The van der Waals surface area contributed by atoms with E-state index in [1.165, 1.54) is 0 Å². The zero-order valence-electron chi connectivity index (χ0n) is 19.7. The van der Waals surface area contributed by atoms with Crippen LogP contribution >= 0.6 is 34.2 Å². The lowest BCUT2D eigenvalue weighted by atomic mass is 10.2. The van der Waals surface area contributed by atoms with Gasteiger partial charge in [0.05, 0.1) is 21.6 Å². The maximum atomic E-state index is 13.1. The van der Waals surface area contributed by atoms with Gasteiger partial charge in [-0.15, -0.1) is 0 Å². The minimum absolute atomic E-state index is 0.171. The Morgan fingerprint density at radius 3 is 2.46 bits per heavy atom. The SMILES string of the molecule is CCOc1cc(C=Nc2c(C)n(C)n(-c3ccccc3)c2=O)cc(I)c1OCc1ccc(Cl)cc1. The smallest absolute Gasteiger partial charge is 0.297 e. The third kappa shape index (κ3) is 5.62. The molecule has 0 aliphatic carbocycles. The van der Waals surface area contributed by atoms with Crippen molar-refractivity contribution < 1.29 is 9.47 Å². The molecular weight excluding hydrogens is 577 g/mol. The molecule has 0 radical (unpaired) electrons. The van der Waals surface area contributed by atoms with E-state index in [0.29, 0.717) is 35.4 Å². The standard InChI is InChI=1S/C27H25ClIN3O3/c1-4-34-24-15-20(14-23(29)26(24)35-17-19-10-12-21(28)13-11-19)16-30-25-18(2)31(3)32(27(25)33)22-8-6-5-7-9-22/h5-16H,4,17H2,1-3H3. The molecule has 4 aromatic rings. The molecule has 1 heterocycles. The van der Waals surface area contributed by atoms with E-state index in [1.807, 2.05) is 92.3 Å². The summed E-state index contributed by atoms with van der Waals surface area (Å²) in [4.78, 5) is 17.7. The molecule has 0 aliphatic heterocycles. The second-order valence-corrected chi connectivity index (χ2v) is 9.45. The average molecular weight is 602 g/mol. The zero-order valence-corrected chi connectivity index (χ0v) is 22.6. The van der Waals surface area contributed by atoms with Gasteiger partial charge in [-0.05, 0) is 84.0 Å². The summed E-state index contributed by atoms with van der Waals surface area (Å²) in [5.41, 5.74) is 3.61. The maximum absolute atomic E-state index is 13.1. The highest BCUT2D eigenvalue weighted by molar-refractivity contribution is 14.1. The molecule has 0 fully saturated rings. The predicted octanol–water partition coefficient (Wildman–Crippen LogP) is 6.47. The Bertz CT molecular complexity index is 1410. The summed E-state index contributed by atoms with van der Waals surface area (Å²) in [5, 5.41) is 0.686. The summed E-state index contributed by atoms with van der Waals surface area (Å²) in [6, 6.07) is 20.9. The Balaban J connectivity index is 1.63. The first-order valence-electron chi connectivity index (χ1n) is 11.1. The first-order chi connectivity index (χ1) is 16.9. The Kier molecular flexibility index (Phi) is 7.97. The van der Waals surface area contributed by atoms with Crippen LogP contribution in [0, 0.1) is 10.5 Å². The van der Waals surface area contributed by atoms with Crippen LogP contribution in [0.3, 0.4) is 0 Å². The lowest BCUT2D eigenvalue weighted by Gasteiger charge is -2.14. The molecular formula is C27H25ClIN3O3. The fourth-order valence-electron chi connectivity index (χ4n) is 3.64. The maximum Gasteiger partial charge on any atom is 0.297 e. The molecule has 6 nitrogen and oxygen atoms in total. The molecule has 35 heavy (non-hydrogen) atoms. The number of hydrogen-bond donors (Lipinski definition) is 0. The molecule has 180 valence electrons. The molecule has 0 aliphatic rings. The molecule has 8 heteroatoms. The molecule has 0 saturated carbocycles. The molecule has 0 bridgehead atoms. The van der Waals surface area contributed by atoms with Crippen LogP contribution < -0.4 is 15.0 Å². The predicted molar refractivity (Wildman–Crippen MR) is 149 cm³/mol. The number of halogens is 2. The lowest BCUT2D eigenvalue weighted by Crippen LogP contribution is -2.19. The van der Waals surface area contributed by atoms with Gasteiger partial charge in [-0.3, -0.25) is 9.48 Å². The zero-order chi connectivity index (χ0) is 24.9. The highest BCUT2D eigenvalue weighted by Gasteiger charge is 2.16. The van der Waals surface area contributed by atoms with Crippen LogP contribution in [-0.4, -0.2) is 22.2 Å². The molecule has 1 aromatic heterocycles. The summed E-state index contributed by atoms with van der Waals surface area (Å²) in [6.07, 6.45) is 1.69. The quantitative estimate of drug-likeness (QED) is 0.172. The fourth-order valence-corrected chi connectivity index (χ4v) is 4.55. The van der Waals surface area contributed by atoms with Gasteiger partial charge in [-0.1, -0.05) is 41.9 Å². The van der Waals surface area contributed by atoms with Crippen LogP contribution in [-0.2, 0) is 13.7 Å². The Morgan fingerprint density at radius 2 is 1.77 bits per heavy atom. The van der Waals surface area contributed by atoms with Crippen molar-refractivity contribution >= 4 is 46.1 Å². The number of aliphatic imine (C=N–C) groups is 1. The van der Waals surface area contributed by atoms with Gasteiger partial charge in [0.2, 0.25) is 0 Å². The average Bonchev–Trinajstić information content (AvgIpc) is 3.06. The van der Waals surface area contributed by atoms with E-state index in [2.05, 4.69) is 27.6 Å². The van der Waals surface area contributed by atoms with Crippen LogP contribution in [0.2, 0.25) is 5.02 Å². The molecule has 0 atom stereocenters. The van der Waals surface area contributed by atoms with Crippen LogP contribution in [0.25, 0.3) is 5.69 Å². The van der Waals surface area contributed by atoms with E-state index in [0.717, 1.165) is 26.1 Å². The van der Waals surface area contributed by atoms with Crippen molar-refractivity contribution in [3.8, 4) is 17.2 Å². The van der Waals surface area contributed by atoms with E-state index in [4.69, 9.17) is 21.1 Å². The monoisotopic (exact) mass is 601 g/mol. The molecule has 3 aromatic carbocycles.